The Hall–Kier alpha value is -3.40. The summed E-state index contributed by atoms with van der Waals surface area (Å²) in [7, 11) is 3.09. The molecule has 0 saturated heterocycles. The van der Waals surface area contributed by atoms with E-state index in [2.05, 4.69) is 20.3 Å². The molecule has 0 atom stereocenters. The number of hydrogen-bond donors (Lipinski definition) is 1. The minimum atomic E-state index is -0.580. The molecule has 0 aliphatic rings. The van der Waals surface area contributed by atoms with Crippen molar-refractivity contribution in [1.82, 2.24) is 15.0 Å². The molecule has 28 heavy (non-hydrogen) atoms. The molecule has 3 aromatic rings. The Kier molecular flexibility index (Phi) is 5.90. The molecule has 11 heteroatoms. The van der Waals surface area contributed by atoms with Crippen LogP contribution in [0.5, 0.6) is 17.4 Å². The number of nitro groups is 1. The normalized spacial score (nSPS) is 10.5. The molecule has 0 spiro atoms. The van der Waals surface area contributed by atoms with Crippen molar-refractivity contribution < 1.29 is 19.1 Å². The van der Waals surface area contributed by atoms with Gasteiger partial charge in [0.25, 0.3) is 5.88 Å². The highest BCUT2D eigenvalue weighted by Gasteiger charge is 2.17. The summed E-state index contributed by atoms with van der Waals surface area (Å²) in [5, 5.41) is 15.0. The first-order valence-electron chi connectivity index (χ1n) is 8.08. The Morgan fingerprint density at radius 1 is 1.18 bits per heavy atom. The van der Waals surface area contributed by atoms with Gasteiger partial charge >= 0.3 is 5.69 Å². The zero-order chi connectivity index (χ0) is 20.1. The predicted octanol–water partition coefficient (Wildman–Crippen LogP) is 3.09. The number of anilines is 1. The second kappa shape index (κ2) is 8.53. The van der Waals surface area contributed by atoms with Gasteiger partial charge in [-0.3, -0.25) is 10.1 Å². The molecule has 3 rings (SSSR count). The molecule has 2 aromatic heterocycles. The minimum absolute atomic E-state index is 0.104. The lowest BCUT2D eigenvalue weighted by Gasteiger charge is -2.12. The maximum Gasteiger partial charge on any atom is 0.331 e. The van der Waals surface area contributed by atoms with Crippen LogP contribution >= 0.6 is 11.6 Å². The molecule has 0 aliphatic heterocycles. The molecule has 10 nitrogen and oxygen atoms in total. The Morgan fingerprint density at radius 3 is 2.64 bits per heavy atom. The van der Waals surface area contributed by atoms with Gasteiger partial charge in [-0.05, 0) is 12.1 Å². The molecule has 0 fully saturated rings. The third-order valence-electron chi connectivity index (χ3n) is 3.78. The third-order valence-corrected chi connectivity index (χ3v) is 3.99. The fourth-order valence-corrected chi connectivity index (χ4v) is 2.64. The van der Waals surface area contributed by atoms with Crippen LogP contribution in [0.3, 0.4) is 0 Å². The van der Waals surface area contributed by atoms with Crippen LogP contribution in [-0.4, -0.2) is 47.2 Å². The van der Waals surface area contributed by atoms with Crippen molar-refractivity contribution in [3.8, 4) is 17.4 Å². The number of benzene rings is 1. The number of halogens is 1. The summed E-state index contributed by atoms with van der Waals surface area (Å²) in [6.07, 6.45) is 1.42. The zero-order valence-electron chi connectivity index (χ0n) is 15.0. The van der Waals surface area contributed by atoms with Crippen molar-refractivity contribution in [3.63, 3.8) is 0 Å². The van der Waals surface area contributed by atoms with Gasteiger partial charge in [0, 0.05) is 17.5 Å². The van der Waals surface area contributed by atoms with Crippen LogP contribution in [0.25, 0.3) is 10.9 Å². The lowest BCUT2D eigenvalue weighted by Crippen LogP contribution is -2.14. The van der Waals surface area contributed by atoms with E-state index in [0.717, 1.165) is 5.39 Å². The van der Waals surface area contributed by atoms with Crippen LogP contribution in [-0.2, 0) is 0 Å². The highest BCUT2D eigenvalue weighted by atomic mass is 35.5. The number of nitrogens with one attached hydrogen (secondary N) is 1. The van der Waals surface area contributed by atoms with E-state index >= 15 is 0 Å². The molecular formula is C17H16ClN5O5. The fraction of sp³-hybridized carbons (Fsp3) is 0.235. The van der Waals surface area contributed by atoms with E-state index in [-0.39, 0.29) is 23.3 Å². The SMILES string of the molecule is COc1cc2ncnc(NCCOc3nc(Cl)ccc3[N+](=O)[O-])c2cc1OC. The molecule has 2 heterocycles. The summed E-state index contributed by atoms with van der Waals surface area (Å²) in [4.78, 5) is 22.8. The van der Waals surface area contributed by atoms with Gasteiger partial charge in [-0.25, -0.2) is 9.97 Å². The number of ether oxygens (including phenoxy) is 3. The van der Waals surface area contributed by atoms with E-state index in [0.29, 0.717) is 29.4 Å². The quantitative estimate of drug-likeness (QED) is 0.260. The Balaban J connectivity index is 1.73. The number of fused-ring (bicyclic) bond motifs is 1. The number of methoxy groups -OCH3 is 2. The van der Waals surface area contributed by atoms with Gasteiger partial charge in [0.2, 0.25) is 0 Å². The van der Waals surface area contributed by atoms with E-state index in [4.69, 9.17) is 25.8 Å². The molecule has 1 N–H and O–H groups in total. The van der Waals surface area contributed by atoms with E-state index in [1.807, 2.05) is 0 Å². The average Bonchev–Trinajstić information content (AvgIpc) is 2.69. The molecule has 146 valence electrons. The van der Waals surface area contributed by atoms with Crippen molar-refractivity contribution in [1.29, 1.82) is 0 Å². The van der Waals surface area contributed by atoms with E-state index < -0.39 is 4.92 Å². The fourth-order valence-electron chi connectivity index (χ4n) is 2.50. The lowest BCUT2D eigenvalue weighted by molar-refractivity contribution is -0.386. The largest absolute Gasteiger partial charge is 0.493 e. The molecule has 0 radical (unpaired) electrons. The van der Waals surface area contributed by atoms with Crippen molar-refractivity contribution >= 4 is 34.0 Å². The summed E-state index contributed by atoms with van der Waals surface area (Å²) in [6, 6.07) is 6.09. The summed E-state index contributed by atoms with van der Waals surface area (Å²) >= 11 is 5.78. The van der Waals surface area contributed by atoms with Gasteiger partial charge in [0.15, 0.2) is 11.5 Å². The molecule has 1 aromatic carbocycles. The van der Waals surface area contributed by atoms with Crippen LogP contribution in [0.4, 0.5) is 11.5 Å². The maximum absolute atomic E-state index is 11.0. The lowest BCUT2D eigenvalue weighted by atomic mass is 10.2. The van der Waals surface area contributed by atoms with Crippen molar-refractivity contribution in [2.75, 3.05) is 32.7 Å². The van der Waals surface area contributed by atoms with Crippen LogP contribution in [0.1, 0.15) is 0 Å². The van der Waals surface area contributed by atoms with Crippen molar-refractivity contribution in [3.05, 3.63) is 45.9 Å². The summed E-state index contributed by atoms with van der Waals surface area (Å²) in [5.74, 6) is 1.52. The van der Waals surface area contributed by atoms with Crippen LogP contribution < -0.4 is 19.5 Å². The minimum Gasteiger partial charge on any atom is -0.493 e. The Morgan fingerprint density at radius 2 is 1.93 bits per heavy atom. The first-order chi connectivity index (χ1) is 13.5. The van der Waals surface area contributed by atoms with Crippen LogP contribution in [0.15, 0.2) is 30.6 Å². The Bertz CT molecular complexity index is 1020. The molecule has 0 unspecified atom stereocenters. The average molecular weight is 406 g/mol. The zero-order valence-corrected chi connectivity index (χ0v) is 15.8. The van der Waals surface area contributed by atoms with Gasteiger partial charge in [-0.15, -0.1) is 0 Å². The number of hydrogen-bond acceptors (Lipinski definition) is 9. The van der Waals surface area contributed by atoms with E-state index in [9.17, 15) is 10.1 Å². The van der Waals surface area contributed by atoms with E-state index in [1.54, 1.807) is 26.4 Å². The van der Waals surface area contributed by atoms with Gasteiger partial charge in [0.05, 0.1) is 31.2 Å². The monoisotopic (exact) mass is 405 g/mol. The first kappa shape index (κ1) is 19.4. The van der Waals surface area contributed by atoms with E-state index in [1.165, 1.54) is 18.5 Å². The summed E-state index contributed by atoms with van der Waals surface area (Å²) in [5.41, 5.74) is 0.414. The Labute approximate surface area is 164 Å². The number of rotatable bonds is 8. The van der Waals surface area contributed by atoms with Crippen molar-refractivity contribution in [2.45, 2.75) is 0 Å². The second-order valence-electron chi connectivity index (χ2n) is 5.44. The first-order valence-corrected chi connectivity index (χ1v) is 8.45. The smallest absolute Gasteiger partial charge is 0.331 e. The second-order valence-corrected chi connectivity index (χ2v) is 5.82. The predicted molar refractivity (Wildman–Crippen MR) is 103 cm³/mol. The summed E-state index contributed by atoms with van der Waals surface area (Å²) < 4.78 is 16.0. The molecule has 0 aliphatic carbocycles. The number of nitrogens with zero attached hydrogens (tertiary/aromatic N) is 4. The van der Waals surface area contributed by atoms with Crippen LogP contribution in [0.2, 0.25) is 5.15 Å². The highest BCUT2D eigenvalue weighted by Crippen LogP contribution is 2.33. The molecule has 0 saturated carbocycles. The van der Waals surface area contributed by atoms with Crippen LogP contribution in [0, 0.1) is 10.1 Å². The van der Waals surface area contributed by atoms with Gasteiger partial charge < -0.3 is 19.5 Å². The molecule has 0 amide bonds. The van der Waals surface area contributed by atoms with Gasteiger partial charge in [-0.1, -0.05) is 11.6 Å². The van der Waals surface area contributed by atoms with Gasteiger partial charge in [-0.2, -0.15) is 4.98 Å². The third kappa shape index (κ3) is 4.12. The highest BCUT2D eigenvalue weighted by molar-refractivity contribution is 6.29. The topological polar surface area (TPSA) is 122 Å². The standard InChI is InChI=1S/C17H16ClN5O5/c1-26-13-7-10-11(8-14(13)27-2)20-9-21-16(10)19-5-6-28-17-12(23(24)25)3-4-15(18)22-17/h3-4,7-9H,5-6H2,1-2H3,(H,19,20,21). The molecule has 0 bridgehead atoms. The maximum atomic E-state index is 11.0. The number of aromatic nitrogens is 3. The number of pyridine rings is 1. The summed E-state index contributed by atoms with van der Waals surface area (Å²) in [6.45, 7) is 0.415. The van der Waals surface area contributed by atoms with Crippen molar-refractivity contribution in [2.24, 2.45) is 0 Å². The molecular weight excluding hydrogens is 390 g/mol. The van der Waals surface area contributed by atoms with Gasteiger partial charge in [0.1, 0.15) is 23.9 Å².